The number of aliphatic carboxylic acids is 1. The van der Waals surface area contributed by atoms with Crippen LogP contribution in [0.4, 0.5) is 0 Å². The maximum absolute atomic E-state index is 13.1. The van der Waals surface area contributed by atoms with Crippen molar-refractivity contribution in [1.29, 1.82) is 0 Å². The monoisotopic (exact) mass is 621 g/mol. The van der Waals surface area contributed by atoms with E-state index in [4.69, 9.17) is 11.5 Å². The van der Waals surface area contributed by atoms with Crippen LogP contribution < -0.4 is 38.1 Å². The van der Waals surface area contributed by atoms with Crippen molar-refractivity contribution < 1.29 is 33.9 Å². The predicted molar refractivity (Wildman–Crippen MR) is 161 cm³/mol. The molecule has 0 unspecified atom stereocenters. The van der Waals surface area contributed by atoms with Gasteiger partial charge in [-0.25, -0.2) is 4.79 Å². The summed E-state index contributed by atoms with van der Waals surface area (Å²) in [4.78, 5) is 75.3. The Morgan fingerprint density at radius 2 is 1.15 bits per heavy atom. The van der Waals surface area contributed by atoms with Crippen LogP contribution in [0.5, 0.6) is 0 Å². The van der Waals surface area contributed by atoms with Gasteiger partial charge in [-0.1, -0.05) is 27.7 Å². The van der Waals surface area contributed by atoms with Crippen molar-refractivity contribution >= 4 is 60.8 Å². The Morgan fingerprint density at radius 1 is 0.659 bits per heavy atom. The fraction of sp³-hybridized carbons (Fsp3) is 0.760. The van der Waals surface area contributed by atoms with E-state index in [0.29, 0.717) is 19.4 Å². The number of hydrogen-bond donors (Lipinski definition) is 10. The first-order valence-electron chi connectivity index (χ1n) is 13.5. The van der Waals surface area contributed by atoms with Gasteiger partial charge in [0.25, 0.3) is 0 Å². The smallest absolute Gasteiger partial charge is 0.327 e. The Balaban J connectivity index is 5.50. The largest absolute Gasteiger partial charge is 0.480 e. The molecule has 0 rings (SSSR count). The summed E-state index contributed by atoms with van der Waals surface area (Å²) in [5.41, 5.74) is 11.2. The molecule has 0 spiro atoms. The number of carboxylic acids is 1. The summed E-state index contributed by atoms with van der Waals surface area (Å²) in [6.07, 6.45) is 1.45. The van der Waals surface area contributed by atoms with Crippen LogP contribution in [0.1, 0.15) is 53.9 Å². The predicted octanol–water partition coefficient (Wildman–Crippen LogP) is -1.86. The van der Waals surface area contributed by atoms with Crippen LogP contribution in [0.3, 0.4) is 0 Å². The van der Waals surface area contributed by atoms with E-state index in [2.05, 4.69) is 51.8 Å². The quantitative estimate of drug-likeness (QED) is 0.0574. The Labute approximate surface area is 252 Å². The van der Waals surface area contributed by atoms with Crippen molar-refractivity contribution in [3.05, 3.63) is 0 Å². The summed E-state index contributed by atoms with van der Waals surface area (Å²) in [6, 6.07) is -6.37. The fourth-order valence-electron chi connectivity index (χ4n) is 3.54. The highest BCUT2D eigenvalue weighted by molar-refractivity contribution is 7.80. The topological polar surface area (TPSA) is 235 Å². The number of carboxylic acid groups (broad SMARTS) is 1. The molecule has 6 atom stereocenters. The fourth-order valence-corrected chi connectivity index (χ4v) is 3.95. The van der Waals surface area contributed by atoms with Crippen molar-refractivity contribution in [2.45, 2.75) is 90.1 Å². The lowest BCUT2D eigenvalue weighted by Gasteiger charge is -2.28. The van der Waals surface area contributed by atoms with Gasteiger partial charge in [0.15, 0.2) is 0 Å². The zero-order valence-electron chi connectivity index (χ0n) is 24.3. The number of nitrogens with two attached hydrogens (primary N) is 2. The van der Waals surface area contributed by atoms with E-state index < -0.39 is 83.6 Å². The Morgan fingerprint density at radius 3 is 1.59 bits per heavy atom. The van der Waals surface area contributed by atoms with E-state index in [1.165, 1.54) is 6.92 Å². The summed E-state index contributed by atoms with van der Waals surface area (Å²) < 4.78 is 0. The molecule has 0 aromatic carbocycles. The molecule has 10 N–H and O–H groups in total. The van der Waals surface area contributed by atoms with Crippen molar-refractivity contribution in [2.24, 2.45) is 23.3 Å². The normalized spacial score (nSPS) is 15.6. The van der Waals surface area contributed by atoms with Crippen molar-refractivity contribution in [1.82, 2.24) is 26.6 Å². The van der Waals surface area contributed by atoms with Crippen molar-refractivity contribution in [2.75, 3.05) is 18.1 Å². The van der Waals surface area contributed by atoms with Gasteiger partial charge in [0, 0.05) is 11.5 Å². The number of unbranched alkanes of at least 4 members (excludes halogenated alkanes) is 1. The van der Waals surface area contributed by atoms with Crippen LogP contribution in [0, 0.1) is 11.8 Å². The van der Waals surface area contributed by atoms with Gasteiger partial charge in [0.1, 0.15) is 30.2 Å². The molecule has 0 aromatic rings. The molecule has 14 nitrogen and oxygen atoms in total. The highest BCUT2D eigenvalue weighted by atomic mass is 32.1. The van der Waals surface area contributed by atoms with E-state index >= 15 is 0 Å². The minimum absolute atomic E-state index is 0.0785. The summed E-state index contributed by atoms with van der Waals surface area (Å²) >= 11 is 7.92. The molecule has 0 aliphatic rings. The molecule has 0 saturated heterocycles. The van der Waals surface area contributed by atoms with Crippen LogP contribution in [-0.4, -0.2) is 94.9 Å². The molecule has 5 amide bonds. The number of hydrogen-bond acceptors (Lipinski definition) is 10. The molecule has 41 heavy (non-hydrogen) atoms. The summed E-state index contributed by atoms with van der Waals surface area (Å²) in [6.45, 7) is 8.56. The summed E-state index contributed by atoms with van der Waals surface area (Å²) in [5.74, 6) is -5.35. The molecule has 0 heterocycles. The Kier molecular flexibility index (Phi) is 18.3. The number of carbonyl (C=O) groups is 6. The maximum atomic E-state index is 13.1. The first-order chi connectivity index (χ1) is 19.1. The Hall–Kier alpha value is -2.56. The Bertz CT molecular complexity index is 908. The third-order valence-electron chi connectivity index (χ3n) is 6.16. The average Bonchev–Trinajstić information content (AvgIpc) is 2.90. The molecule has 0 aliphatic carbocycles. The van der Waals surface area contributed by atoms with E-state index in [1.54, 1.807) is 27.7 Å². The minimum atomic E-state index is -1.27. The number of nitrogens with one attached hydrogen (secondary N) is 5. The van der Waals surface area contributed by atoms with Gasteiger partial charge in [0.05, 0.1) is 6.04 Å². The van der Waals surface area contributed by atoms with Crippen LogP contribution in [0.2, 0.25) is 0 Å². The van der Waals surface area contributed by atoms with E-state index in [0.717, 1.165) is 0 Å². The first-order valence-corrected chi connectivity index (χ1v) is 14.8. The first kappa shape index (κ1) is 38.4. The third kappa shape index (κ3) is 13.8. The number of carbonyl (C=O) groups excluding carboxylic acids is 5. The second kappa shape index (κ2) is 19.5. The summed E-state index contributed by atoms with van der Waals surface area (Å²) in [7, 11) is 0. The lowest BCUT2D eigenvalue weighted by molar-refractivity contribution is -0.142. The van der Waals surface area contributed by atoms with Crippen LogP contribution in [0.25, 0.3) is 0 Å². The van der Waals surface area contributed by atoms with Gasteiger partial charge in [-0.3, -0.25) is 24.0 Å². The third-order valence-corrected chi connectivity index (χ3v) is 6.91. The number of rotatable bonds is 19. The molecule has 0 aromatic heterocycles. The van der Waals surface area contributed by atoms with Crippen LogP contribution >= 0.6 is 25.3 Å². The van der Waals surface area contributed by atoms with Gasteiger partial charge < -0.3 is 43.2 Å². The van der Waals surface area contributed by atoms with Crippen LogP contribution in [-0.2, 0) is 28.8 Å². The second-order valence-corrected chi connectivity index (χ2v) is 11.1. The zero-order chi connectivity index (χ0) is 31.9. The maximum Gasteiger partial charge on any atom is 0.327 e. The van der Waals surface area contributed by atoms with E-state index in [-0.39, 0.29) is 17.9 Å². The molecule has 0 radical (unpaired) electrons. The van der Waals surface area contributed by atoms with Crippen molar-refractivity contribution in [3.63, 3.8) is 0 Å². The van der Waals surface area contributed by atoms with Gasteiger partial charge in [-0.2, -0.15) is 25.3 Å². The molecule has 0 aliphatic heterocycles. The SMILES string of the molecule is CC(C)[C@H](NC(=O)[C@H](C)NC(=O)[C@H](CCCCN)NC(=O)[C@@H](N)CS)C(=O)N[C@H](C(=O)N[C@@H](CS)C(=O)O)C(C)C. The second-order valence-electron chi connectivity index (χ2n) is 10.4. The molecular formula is C25H47N7O7S2. The van der Waals surface area contributed by atoms with E-state index in [1.807, 2.05) is 0 Å². The van der Waals surface area contributed by atoms with Gasteiger partial charge in [-0.15, -0.1) is 0 Å². The van der Waals surface area contributed by atoms with Crippen molar-refractivity contribution in [3.8, 4) is 0 Å². The average molecular weight is 622 g/mol. The van der Waals surface area contributed by atoms with Gasteiger partial charge >= 0.3 is 5.97 Å². The molecule has 0 saturated carbocycles. The van der Waals surface area contributed by atoms with Crippen LogP contribution in [0.15, 0.2) is 0 Å². The molecule has 0 fully saturated rings. The minimum Gasteiger partial charge on any atom is -0.480 e. The van der Waals surface area contributed by atoms with Gasteiger partial charge in [-0.05, 0) is 44.6 Å². The number of amides is 5. The lowest BCUT2D eigenvalue weighted by Crippen LogP contribution is -2.60. The standard InChI is InChI=1S/C25H47N7O7S2/c1-12(2)18(23(36)30-17(11-41)25(38)39)32-24(37)19(13(3)4)31-20(33)14(5)28-22(35)16(8-6-7-9-26)29-21(34)15(27)10-40/h12-19,40-41H,6-11,26-27H2,1-5H3,(H,28,35)(H,29,34)(H,30,36)(H,31,33)(H,32,37)(H,38,39)/t14-,15-,16-,17-,18-,19-/m0/s1. The molecule has 0 bridgehead atoms. The molecular weight excluding hydrogens is 574 g/mol. The molecule has 16 heteroatoms. The lowest BCUT2D eigenvalue weighted by atomic mass is 9.99. The number of thiol groups is 2. The summed E-state index contributed by atoms with van der Waals surface area (Å²) in [5, 5.41) is 21.9. The van der Waals surface area contributed by atoms with Gasteiger partial charge in [0.2, 0.25) is 29.5 Å². The highest BCUT2D eigenvalue weighted by Crippen LogP contribution is 2.08. The zero-order valence-corrected chi connectivity index (χ0v) is 26.1. The van der Waals surface area contributed by atoms with E-state index in [9.17, 15) is 33.9 Å². The highest BCUT2D eigenvalue weighted by Gasteiger charge is 2.33. The molecule has 236 valence electrons.